The molecule has 0 bridgehead atoms. The van der Waals surface area contributed by atoms with Crippen molar-refractivity contribution in [3.8, 4) is 5.75 Å². The lowest BCUT2D eigenvalue weighted by Gasteiger charge is -1.97. The van der Waals surface area contributed by atoms with Gasteiger partial charge in [0.2, 0.25) is 0 Å². The van der Waals surface area contributed by atoms with Gasteiger partial charge in [-0.05, 0) is 6.07 Å². The summed E-state index contributed by atoms with van der Waals surface area (Å²) in [6.45, 7) is 3.41. The van der Waals surface area contributed by atoms with Gasteiger partial charge < -0.3 is 5.11 Å². The summed E-state index contributed by atoms with van der Waals surface area (Å²) in [4.78, 5) is 0. The fourth-order valence-electron chi connectivity index (χ4n) is 0.697. The van der Waals surface area contributed by atoms with Crippen molar-refractivity contribution < 1.29 is 9.50 Å². The number of aromatic hydroxyl groups is 1. The second kappa shape index (κ2) is 2.52. The van der Waals surface area contributed by atoms with Gasteiger partial charge in [-0.2, -0.15) is 0 Å². The van der Waals surface area contributed by atoms with Crippen LogP contribution in [0.15, 0.2) is 24.8 Å². The molecule has 0 spiro atoms. The number of benzene rings is 1. The molecule has 10 heavy (non-hydrogen) atoms. The van der Waals surface area contributed by atoms with E-state index >= 15 is 0 Å². The first-order chi connectivity index (χ1) is 4.75. The fourth-order valence-corrected chi connectivity index (χ4v) is 0.697. The van der Waals surface area contributed by atoms with E-state index < -0.39 is 5.82 Å². The van der Waals surface area contributed by atoms with Crippen molar-refractivity contribution in [3.05, 3.63) is 36.2 Å². The van der Waals surface area contributed by atoms with Gasteiger partial charge in [-0.25, -0.2) is 4.39 Å². The van der Waals surface area contributed by atoms with Gasteiger partial charge in [-0.15, -0.1) is 0 Å². The van der Waals surface area contributed by atoms with E-state index in [1.165, 1.54) is 18.2 Å². The van der Waals surface area contributed by atoms with E-state index in [2.05, 4.69) is 6.58 Å². The molecular weight excluding hydrogens is 131 g/mol. The Balaban J connectivity index is 3.27. The van der Waals surface area contributed by atoms with Crippen LogP contribution in [0.2, 0.25) is 0 Å². The fraction of sp³-hybridized carbons (Fsp3) is 0. The molecule has 52 valence electrons. The first-order valence-corrected chi connectivity index (χ1v) is 2.85. The van der Waals surface area contributed by atoms with Gasteiger partial charge in [-0.3, -0.25) is 0 Å². The third-order valence-electron chi connectivity index (χ3n) is 1.24. The molecule has 0 amide bonds. The second-order valence-corrected chi connectivity index (χ2v) is 1.88. The number of phenols is 1. The number of halogens is 1. The highest BCUT2D eigenvalue weighted by Crippen LogP contribution is 2.20. The zero-order valence-electron chi connectivity index (χ0n) is 5.34. The molecule has 0 saturated heterocycles. The zero-order chi connectivity index (χ0) is 7.56. The molecule has 0 fully saturated rings. The highest BCUT2D eigenvalue weighted by atomic mass is 19.1. The molecular formula is C8H7FO. The highest BCUT2D eigenvalue weighted by Gasteiger charge is 2.00. The molecule has 1 aromatic carbocycles. The van der Waals surface area contributed by atoms with Crippen LogP contribution >= 0.6 is 0 Å². The topological polar surface area (TPSA) is 20.2 Å². The summed E-state index contributed by atoms with van der Waals surface area (Å²) in [7, 11) is 0. The van der Waals surface area contributed by atoms with Gasteiger partial charge in [0.25, 0.3) is 0 Å². The van der Waals surface area contributed by atoms with Crippen LogP contribution in [0.1, 0.15) is 5.56 Å². The van der Waals surface area contributed by atoms with Gasteiger partial charge in [-0.1, -0.05) is 24.8 Å². The van der Waals surface area contributed by atoms with Crippen LogP contribution < -0.4 is 0 Å². The van der Waals surface area contributed by atoms with E-state index in [4.69, 9.17) is 5.11 Å². The number of para-hydroxylation sites is 1. The van der Waals surface area contributed by atoms with Crippen molar-refractivity contribution in [3.63, 3.8) is 0 Å². The summed E-state index contributed by atoms with van der Waals surface area (Å²) in [5.41, 5.74) is 0.417. The molecule has 2 heteroatoms. The maximum Gasteiger partial charge on any atom is 0.165 e. The Hall–Kier alpha value is -1.31. The number of hydrogen-bond acceptors (Lipinski definition) is 1. The number of phenolic OH excluding ortho intramolecular Hbond substituents is 1. The van der Waals surface area contributed by atoms with Crippen molar-refractivity contribution in [2.75, 3.05) is 0 Å². The minimum absolute atomic E-state index is 0.336. The summed E-state index contributed by atoms with van der Waals surface area (Å²) in [5, 5.41) is 8.95. The van der Waals surface area contributed by atoms with Gasteiger partial charge >= 0.3 is 0 Å². The first kappa shape index (κ1) is 6.81. The summed E-state index contributed by atoms with van der Waals surface area (Å²) in [6.07, 6.45) is 1.40. The molecule has 0 unspecified atom stereocenters. The summed E-state index contributed by atoms with van der Waals surface area (Å²) < 4.78 is 12.5. The van der Waals surface area contributed by atoms with Crippen LogP contribution in [0.4, 0.5) is 4.39 Å². The minimum atomic E-state index is -0.614. The van der Waals surface area contributed by atoms with Crippen LogP contribution in [0, 0.1) is 5.82 Å². The Kier molecular flexibility index (Phi) is 1.71. The Morgan fingerprint density at radius 3 is 2.70 bits per heavy atom. The van der Waals surface area contributed by atoms with E-state index in [-0.39, 0.29) is 5.75 Å². The Labute approximate surface area is 58.4 Å². The van der Waals surface area contributed by atoms with E-state index in [0.29, 0.717) is 5.56 Å². The average Bonchev–Trinajstić information content (AvgIpc) is 1.95. The van der Waals surface area contributed by atoms with E-state index in [0.717, 1.165) is 0 Å². The molecule has 1 nitrogen and oxygen atoms in total. The minimum Gasteiger partial charge on any atom is -0.504 e. The van der Waals surface area contributed by atoms with Gasteiger partial charge in [0.05, 0.1) is 0 Å². The molecule has 1 aromatic rings. The lowest BCUT2D eigenvalue weighted by Crippen LogP contribution is -1.78. The maximum absolute atomic E-state index is 12.5. The molecule has 0 aliphatic heterocycles. The van der Waals surface area contributed by atoms with Crippen LogP contribution in [-0.2, 0) is 0 Å². The smallest absolute Gasteiger partial charge is 0.165 e. The molecule has 0 atom stereocenters. The predicted octanol–water partition coefficient (Wildman–Crippen LogP) is 2.17. The van der Waals surface area contributed by atoms with Crippen LogP contribution in [0.5, 0.6) is 5.75 Å². The van der Waals surface area contributed by atoms with Crippen molar-refractivity contribution in [2.24, 2.45) is 0 Å². The predicted molar refractivity (Wildman–Crippen MR) is 38.2 cm³/mol. The molecule has 1 rings (SSSR count). The standard InChI is InChI=1S/C8H7FO/c1-2-6-4-3-5-7(9)8(6)10/h2-5,10H,1H2. The van der Waals surface area contributed by atoms with Crippen LogP contribution in [0.3, 0.4) is 0 Å². The molecule has 0 heterocycles. The molecule has 0 aliphatic rings. The monoisotopic (exact) mass is 138 g/mol. The first-order valence-electron chi connectivity index (χ1n) is 2.85. The molecule has 0 aromatic heterocycles. The van der Waals surface area contributed by atoms with E-state index in [1.807, 2.05) is 0 Å². The van der Waals surface area contributed by atoms with Crippen molar-refractivity contribution in [1.29, 1.82) is 0 Å². The SMILES string of the molecule is C=Cc1cccc(F)c1O. The largest absolute Gasteiger partial charge is 0.504 e. The van der Waals surface area contributed by atoms with Gasteiger partial charge in [0.15, 0.2) is 11.6 Å². The molecule has 0 aliphatic carbocycles. The van der Waals surface area contributed by atoms with Crippen molar-refractivity contribution in [1.82, 2.24) is 0 Å². The summed E-state index contributed by atoms with van der Waals surface area (Å²) in [6, 6.07) is 4.31. The van der Waals surface area contributed by atoms with Crippen LogP contribution in [0.25, 0.3) is 6.08 Å². The Bertz CT molecular complexity index is 255. The quantitative estimate of drug-likeness (QED) is 0.630. The molecule has 0 saturated carbocycles. The summed E-state index contributed by atoms with van der Waals surface area (Å²) >= 11 is 0. The van der Waals surface area contributed by atoms with E-state index in [1.54, 1.807) is 6.07 Å². The van der Waals surface area contributed by atoms with Gasteiger partial charge in [0, 0.05) is 5.56 Å². The molecule has 1 N–H and O–H groups in total. The maximum atomic E-state index is 12.5. The third-order valence-corrected chi connectivity index (χ3v) is 1.24. The van der Waals surface area contributed by atoms with Crippen molar-refractivity contribution >= 4 is 6.08 Å². The third kappa shape index (κ3) is 1.00. The molecule has 0 radical (unpaired) electrons. The lowest BCUT2D eigenvalue weighted by molar-refractivity contribution is 0.431. The summed E-state index contributed by atoms with van der Waals surface area (Å²) in [5.74, 6) is -0.949. The highest BCUT2D eigenvalue weighted by molar-refractivity contribution is 5.55. The van der Waals surface area contributed by atoms with Gasteiger partial charge in [0.1, 0.15) is 0 Å². The Morgan fingerprint density at radius 2 is 2.20 bits per heavy atom. The zero-order valence-corrected chi connectivity index (χ0v) is 5.34. The second-order valence-electron chi connectivity index (χ2n) is 1.88. The van der Waals surface area contributed by atoms with Crippen molar-refractivity contribution in [2.45, 2.75) is 0 Å². The number of hydrogen-bond donors (Lipinski definition) is 1. The number of rotatable bonds is 1. The normalized spacial score (nSPS) is 9.30. The Morgan fingerprint density at radius 1 is 1.50 bits per heavy atom. The lowest BCUT2D eigenvalue weighted by atomic mass is 10.2. The average molecular weight is 138 g/mol. The van der Waals surface area contributed by atoms with Crippen LogP contribution in [-0.4, -0.2) is 5.11 Å². The van der Waals surface area contributed by atoms with E-state index in [9.17, 15) is 4.39 Å².